The molecule has 29 heavy (non-hydrogen) atoms. The SMILES string of the molecule is CCCOc1cccc(CCNC(=NC)N2CCN(c3ncccn3)CC2)c1.I. The van der Waals surface area contributed by atoms with Crippen molar-refractivity contribution in [1.82, 2.24) is 20.2 Å². The first-order valence-electron chi connectivity index (χ1n) is 9.99. The number of aromatic nitrogens is 2. The third-order valence-corrected chi connectivity index (χ3v) is 4.69. The van der Waals surface area contributed by atoms with Gasteiger partial charge in [0.25, 0.3) is 0 Å². The van der Waals surface area contributed by atoms with Crippen molar-refractivity contribution < 1.29 is 4.74 Å². The average Bonchev–Trinajstić information content (AvgIpc) is 2.76. The molecule has 0 amide bonds. The summed E-state index contributed by atoms with van der Waals surface area (Å²) in [6.45, 7) is 7.30. The van der Waals surface area contributed by atoms with Crippen LogP contribution in [0, 0.1) is 0 Å². The molecule has 0 atom stereocenters. The summed E-state index contributed by atoms with van der Waals surface area (Å²) in [6, 6.07) is 10.2. The van der Waals surface area contributed by atoms with E-state index in [1.807, 2.05) is 19.2 Å². The summed E-state index contributed by atoms with van der Waals surface area (Å²) in [5, 5.41) is 3.49. The minimum absolute atomic E-state index is 0. The lowest BCUT2D eigenvalue weighted by Gasteiger charge is -2.36. The molecule has 8 heteroatoms. The van der Waals surface area contributed by atoms with Crippen LogP contribution in [0.1, 0.15) is 18.9 Å². The van der Waals surface area contributed by atoms with E-state index >= 15 is 0 Å². The van der Waals surface area contributed by atoms with Crippen molar-refractivity contribution in [1.29, 1.82) is 0 Å². The molecule has 0 unspecified atom stereocenters. The van der Waals surface area contributed by atoms with Crippen LogP contribution in [0.3, 0.4) is 0 Å². The molecule has 1 N–H and O–H groups in total. The predicted octanol–water partition coefficient (Wildman–Crippen LogP) is 2.82. The third-order valence-electron chi connectivity index (χ3n) is 4.69. The van der Waals surface area contributed by atoms with Gasteiger partial charge in [-0.1, -0.05) is 19.1 Å². The molecule has 3 rings (SSSR count). The van der Waals surface area contributed by atoms with Crippen molar-refractivity contribution in [2.24, 2.45) is 4.99 Å². The van der Waals surface area contributed by atoms with Crippen LogP contribution in [0.5, 0.6) is 5.75 Å². The van der Waals surface area contributed by atoms with E-state index in [9.17, 15) is 0 Å². The fraction of sp³-hybridized carbons (Fsp3) is 0.476. The molecule has 158 valence electrons. The highest BCUT2D eigenvalue weighted by atomic mass is 127. The highest BCUT2D eigenvalue weighted by molar-refractivity contribution is 14.0. The second kappa shape index (κ2) is 12.5. The van der Waals surface area contributed by atoms with Crippen LogP contribution in [0.2, 0.25) is 0 Å². The fourth-order valence-corrected chi connectivity index (χ4v) is 3.23. The lowest BCUT2D eigenvalue weighted by atomic mass is 10.1. The number of benzene rings is 1. The first-order chi connectivity index (χ1) is 13.8. The molecule has 1 saturated heterocycles. The molecule has 2 aromatic rings. The molecule has 0 spiro atoms. The molecule has 2 heterocycles. The van der Waals surface area contributed by atoms with Crippen molar-refractivity contribution in [3.63, 3.8) is 0 Å². The lowest BCUT2D eigenvalue weighted by Crippen LogP contribution is -2.53. The van der Waals surface area contributed by atoms with Gasteiger partial charge in [-0.25, -0.2) is 9.97 Å². The van der Waals surface area contributed by atoms with Crippen molar-refractivity contribution in [2.75, 3.05) is 51.3 Å². The van der Waals surface area contributed by atoms with Gasteiger partial charge in [0.2, 0.25) is 5.95 Å². The number of guanidine groups is 1. The molecular formula is C21H31IN6O. The van der Waals surface area contributed by atoms with Gasteiger partial charge in [0.05, 0.1) is 6.61 Å². The molecule has 0 radical (unpaired) electrons. The number of hydrogen-bond acceptors (Lipinski definition) is 5. The number of nitrogens with zero attached hydrogens (tertiary/aromatic N) is 5. The monoisotopic (exact) mass is 510 g/mol. The molecular weight excluding hydrogens is 479 g/mol. The predicted molar refractivity (Wildman–Crippen MR) is 129 cm³/mol. The van der Waals surface area contributed by atoms with E-state index in [0.717, 1.165) is 69.8 Å². The molecule has 0 aliphatic carbocycles. The molecule has 7 nitrogen and oxygen atoms in total. The Hall–Kier alpha value is -2.10. The Morgan fingerprint density at radius 1 is 1.14 bits per heavy atom. The van der Waals surface area contributed by atoms with Crippen LogP contribution >= 0.6 is 24.0 Å². The van der Waals surface area contributed by atoms with E-state index in [-0.39, 0.29) is 24.0 Å². The largest absolute Gasteiger partial charge is 0.494 e. The quantitative estimate of drug-likeness (QED) is 0.351. The maximum absolute atomic E-state index is 5.72. The van der Waals surface area contributed by atoms with Gasteiger partial charge in [-0.3, -0.25) is 4.99 Å². The number of ether oxygens (including phenoxy) is 1. The smallest absolute Gasteiger partial charge is 0.225 e. The van der Waals surface area contributed by atoms with Crippen LogP contribution in [0.25, 0.3) is 0 Å². The number of anilines is 1. The first kappa shape index (κ1) is 23.2. The zero-order valence-electron chi connectivity index (χ0n) is 17.3. The van der Waals surface area contributed by atoms with Gasteiger partial charge >= 0.3 is 0 Å². The maximum Gasteiger partial charge on any atom is 0.225 e. The number of nitrogens with one attached hydrogen (secondary N) is 1. The van der Waals surface area contributed by atoms with E-state index in [2.05, 4.69) is 55.2 Å². The Kier molecular flexibility index (Phi) is 9.96. The Labute approximate surface area is 190 Å². The topological polar surface area (TPSA) is 65.9 Å². The molecule has 1 aliphatic heterocycles. The number of halogens is 1. The molecule has 1 fully saturated rings. The molecule has 0 bridgehead atoms. The zero-order chi connectivity index (χ0) is 19.6. The zero-order valence-corrected chi connectivity index (χ0v) is 19.6. The Morgan fingerprint density at radius 3 is 2.59 bits per heavy atom. The minimum atomic E-state index is 0. The average molecular weight is 510 g/mol. The summed E-state index contributed by atoms with van der Waals surface area (Å²) < 4.78 is 5.72. The second-order valence-corrected chi connectivity index (χ2v) is 6.74. The van der Waals surface area contributed by atoms with Gasteiger partial charge < -0.3 is 19.9 Å². The fourth-order valence-electron chi connectivity index (χ4n) is 3.23. The van der Waals surface area contributed by atoms with Crippen molar-refractivity contribution in [3.05, 3.63) is 48.3 Å². The molecule has 1 aliphatic rings. The summed E-state index contributed by atoms with van der Waals surface area (Å²) in [5.74, 6) is 2.70. The van der Waals surface area contributed by atoms with Gasteiger partial charge in [-0.15, -0.1) is 24.0 Å². The van der Waals surface area contributed by atoms with Crippen LogP contribution in [0.4, 0.5) is 5.95 Å². The first-order valence-corrected chi connectivity index (χ1v) is 9.99. The summed E-state index contributed by atoms with van der Waals surface area (Å²) in [4.78, 5) is 17.6. The molecule has 1 aromatic heterocycles. The Bertz CT molecular complexity index is 750. The van der Waals surface area contributed by atoms with Gasteiger partial charge in [-0.2, -0.15) is 0 Å². The second-order valence-electron chi connectivity index (χ2n) is 6.74. The van der Waals surface area contributed by atoms with Crippen molar-refractivity contribution in [3.8, 4) is 5.75 Å². The van der Waals surface area contributed by atoms with Crippen LogP contribution < -0.4 is 15.0 Å². The summed E-state index contributed by atoms with van der Waals surface area (Å²) in [7, 11) is 1.84. The van der Waals surface area contributed by atoms with E-state index in [1.165, 1.54) is 5.56 Å². The number of aliphatic imine (C=N–C) groups is 1. The third kappa shape index (κ3) is 7.02. The van der Waals surface area contributed by atoms with E-state index < -0.39 is 0 Å². The van der Waals surface area contributed by atoms with Gasteiger partial charge in [0, 0.05) is 52.2 Å². The summed E-state index contributed by atoms with van der Waals surface area (Å²) >= 11 is 0. The molecule has 1 aromatic carbocycles. The highest BCUT2D eigenvalue weighted by Gasteiger charge is 2.20. The Morgan fingerprint density at radius 2 is 1.90 bits per heavy atom. The van der Waals surface area contributed by atoms with Crippen LogP contribution in [0.15, 0.2) is 47.7 Å². The van der Waals surface area contributed by atoms with Crippen molar-refractivity contribution in [2.45, 2.75) is 19.8 Å². The van der Waals surface area contributed by atoms with E-state index in [0.29, 0.717) is 0 Å². The maximum atomic E-state index is 5.72. The lowest BCUT2D eigenvalue weighted by molar-refractivity contribution is 0.317. The van der Waals surface area contributed by atoms with E-state index in [1.54, 1.807) is 12.4 Å². The molecule has 0 saturated carbocycles. The minimum Gasteiger partial charge on any atom is -0.494 e. The summed E-state index contributed by atoms with van der Waals surface area (Å²) in [5.41, 5.74) is 1.27. The number of piperazine rings is 1. The number of hydrogen-bond donors (Lipinski definition) is 1. The summed E-state index contributed by atoms with van der Waals surface area (Å²) in [6.07, 6.45) is 5.53. The number of rotatable bonds is 7. The van der Waals surface area contributed by atoms with Gasteiger partial charge in [0.15, 0.2) is 5.96 Å². The van der Waals surface area contributed by atoms with E-state index in [4.69, 9.17) is 4.74 Å². The highest BCUT2D eigenvalue weighted by Crippen LogP contribution is 2.14. The van der Waals surface area contributed by atoms with Crippen LogP contribution in [-0.4, -0.2) is 67.2 Å². The van der Waals surface area contributed by atoms with Gasteiger partial charge in [0.1, 0.15) is 5.75 Å². The normalized spacial score (nSPS) is 14.3. The van der Waals surface area contributed by atoms with Crippen LogP contribution in [-0.2, 0) is 6.42 Å². The van der Waals surface area contributed by atoms with Crippen molar-refractivity contribution >= 4 is 35.9 Å². The Balaban J connectivity index is 0.00000300. The van der Waals surface area contributed by atoms with Gasteiger partial charge in [-0.05, 0) is 36.6 Å². The standard InChI is InChI=1S/C21H30N6O.HI/c1-3-16-28-19-7-4-6-18(17-19)8-11-25-20(22-2)26-12-14-27(15-13-26)21-23-9-5-10-24-21;/h4-7,9-10,17H,3,8,11-16H2,1-2H3,(H,22,25);1H.